The smallest absolute Gasteiger partial charge is 0.0235 e. The van der Waals surface area contributed by atoms with Gasteiger partial charge in [0.15, 0.2) is 0 Å². The SMILES string of the molecule is CC1CN(Cc2cccc(CN)c2)CC(C)N1C. The summed E-state index contributed by atoms with van der Waals surface area (Å²) in [5.41, 5.74) is 8.30. The molecule has 0 aliphatic carbocycles. The lowest BCUT2D eigenvalue weighted by atomic mass is 10.1. The fourth-order valence-electron chi connectivity index (χ4n) is 2.76. The minimum Gasteiger partial charge on any atom is -0.326 e. The molecule has 1 aliphatic rings. The largest absolute Gasteiger partial charge is 0.326 e. The molecule has 1 fully saturated rings. The predicted molar refractivity (Wildman–Crippen MR) is 76.3 cm³/mol. The topological polar surface area (TPSA) is 32.5 Å². The van der Waals surface area contributed by atoms with E-state index in [9.17, 15) is 0 Å². The third kappa shape index (κ3) is 3.10. The van der Waals surface area contributed by atoms with Gasteiger partial charge in [0.05, 0.1) is 0 Å². The van der Waals surface area contributed by atoms with Gasteiger partial charge in [0, 0.05) is 38.3 Å². The summed E-state index contributed by atoms with van der Waals surface area (Å²) >= 11 is 0. The van der Waals surface area contributed by atoms with Crippen molar-refractivity contribution in [2.24, 2.45) is 5.73 Å². The number of piperazine rings is 1. The van der Waals surface area contributed by atoms with E-state index in [-0.39, 0.29) is 0 Å². The van der Waals surface area contributed by atoms with Gasteiger partial charge in [-0.05, 0) is 32.0 Å². The number of benzene rings is 1. The van der Waals surface area contributed by atoms with Crippen LogP contribution in [0.5, 0.6) is 0 Å². The van der Waals surface area contributed by atoms with Crippen LogP contribution in [-0.4, -0.2) is 42.0 Å². The first-order valence-electron chi connectivity index (χ1n) is 6.82. The van der Waals surface area contributed by atoms with Crippen LogP contribution in [0.25, 0.3) is 0 Å². The van der Waals surface area contributed by atoms with E-state index < -0.39 is 0 Å². The highest BCUT2D eigenvalue weighted by molar-refractivity contribution is 5.23. The summed E-state index contributed by atoms with van der Waals surface area (Å²) in [5, 5.41) is 0. The molecule has 3 heteroatoms. The molecule has 0 spiro atoms. The average molecular weight is 247 g/mol. The molecule has 2 unspecified atom stereocenters. The fourth-order valence-corrected chi connectivity index (χ4v) is 2.76. The zero-order valence-corrected chi connectivity index (χ0v) is 11.8. The fraction of sp³-hybridized carbons (Fsp3) is 0.600. The quantitative estimate of drug-likeness (QED) is 0.882. The summed E-state index contributed by atoms with van der Waals surface area (Å²) < 4.78 is 0. The van der Waals surface area contributed by atoms with Crippen molar-refractivity contribution in [3.8, 4) is 0 Å². The molecule has 0 radical (unpaired) electrons. The molecule has 2 atom stereocenters. The van der Waals surface area contributed by atoms with Gasteiger partial charge in [-0.2, -0.15) is 0 Å². The molecule has 0 aromatic heterocycles. The molecular weight excluding hydrogens is 222 g/mol. The van der Waals surface area contributed by atoms with Crippen molar-refractivity contribution in [1.82, 2.24) is 9.80 Å². The molecule has 0 bridgehead atoms. The Hall–Kier alpha value is -0.900. The van der Waals surface area contributed by atoms with Crippen molar-refractivity contribution in [2.75, 3.05) is 20.1 Å². The van der Waals surface area contributed by atoms with E-state index in [2.05, 4.69) is 55.0 Å². The van der Waals surface area contributed by atoms with Gasteiger partial charge in [0.1, 0.15) is 0 Å². The second-order valence-electron chi connectivity index (χ2n) is 5.58. The molecule has 0 amide bonds. The van der Waals surface area contributed by atoms with Crippen molar-refractivity contribution < 1.29 is 0 Å². The molecule has 0 saturated carbocycles. The molecule has 100 valence electrons. The second kappa shape index (κ2) is 5.83. The van der Waals surface area contributed by atoms with Crippen LogP contribution in [0.15, 0.2) is 24.3 Å². The van der Waals surface area contributed by atoms with Gasteiger partial charge in [0.25, 0.3) is 0 Å². The number of rotatable bonds is 3. The Morgan fingerprint density at radius 3 is 2.39 bits per heavy atom. The van der Waals surface area contributed by atoms with Crippen molar-refractivity contribution in [3.05, 3.63) is 35.4 Å². The van der Waals surface area contributed by atoms with Crippen LogP contribution in [0.3, 0.4) is 0 Å². The Morgan fingerprint density at radius 2 is 1.78 bits per heavy atom. The molecule has 3 nitrogen and oxygen atoms in total. The standard InChI is InChI=1S/C15H25N3/c1-12-9-18(10-13(2)17(12)3)11-15-6-4-5-14(7-15)8-16/h4-7,12-13H,8-11,16H2,1-3H3. The maximum Gasteiger partial charge on any atom is 0.0235 e. The van der Waals surface area contributed by atoms with E-state index in [1.54, 1.807) is 0 Å². The Kier molecular flexibility index (Phi) is 4.38. The minimum absolute atomic E-state index is 0.628. The number of hydrogen-bond donors (Lipinski definition) is 1. The normalized spacial score (nSPS) is 26.4. The Balaban J connectivity index is 2.00. The third-order valence-electron chi connectivity index (χ3n) is 4.07. The van der Waals surface area contributed by atoms with Gasteiger partial charge in [-0.1, -0.05) is 24.3 Å². The van der Waals surface area contributed by atoms with E-state index in [1.807, 2.05) is 0 Å². The zero-order chi connectivity index (χ0) is 13.1. The van der Waals surface area contributed by atoms with Crippen molar-refractivity contribution in [3.63, 3.8) is 0 Å². The molecular formula is C15H25N3. The van der Waals surface area contributed by atoms with Gasteiger partial charge >= 0.3 is 0 Å². The molecule has 2 N–H and O–H groups in total. The number of nitrogens with zero attached hydrogens (tertiary/aromatic N) is 2. The zero-order valence-electron chi connectivity index (χ0n) is 11.8. The Labute approximate surface area is 111 Å². The number of likely N-dealkylation sites (N-methyl/N-ethyl adjacent to an activating group) is 1. The van der Waals surface area contributed by atoms with E-state index in [4.69, 9.17) is 5.73 Å². The summed E-state index contributed by atoms with van der Waals surface area (Å²) in [5.74, 6) is 0. The minimum atomic E-state index is 0.628. The summed E-state index contributed by atoms with van der Waals surface area (Å²) in [6, 6.07) is 9.90. The van der Waals surface area contributed by atoms with Gasteiger partial charge < -0.3 is 5.73 Å². The van der Waals surface area contributed by atoms with Crippen LogP contribution in [-0.2, 0) is 13.1 Å². The summed E-state index contributed by atoms with van der Waals surface area (Å²) in [6.07, 6.45) is 0. The number of nitrogens with two attached hydrogens (primary N) is 1. The molecule has 1 saturated heterocycles. The number of hydrogen-bond acceptors (Lipinski definition) is 3. The second-order valence-corrected chi connectivity index (χ2v) is 5.58. The van der Waals surface area contributed by atoms with E-state index in [1.165, 1.54) is 11.1 Å². The third-order valence-corrected chi connectivity index (χ3v) is 4.07. The highest BCUT2D eigenvalue weighted by atomic mass is 15.3. The molecule has 1 aliphatic heterocycles. The molecule has 1 aromatic rings. The van der Waals surface area contributed by atoms with Gasteiger partial charge in [-0.25, -0.2) is 0 Å². The monoisotopic (exact) mass is 247 g/mol. The predicted octanol–water partition coefficient (Wildman–Crippen LogP) is 1.67. The van der Waals surface area contributed by atoms with Crippen molar-refractivity contribution >= 4 is 0 Å². The van der Waals surface area contributed by atoms with Gasteiger partial charge in [0.2, 0.25) is 0 Å². The van der Waals surface area contributed by atoms with Crippen molar-refractivity contribution in [1.29, 1.82) is 0 Å². The van der Waals surface area contributed by atoms with Crippen LogP contribution < -0.4 is 5.73 Å². The van der Waals surface area contributed by atoms with Crippen LogP contribution in [0, 0.1) is 0 Å². The maximum atomic E-state index is 5.69. The molecule has 1 aromatic carbocycles. The summed E-state index contributed by atoms with van der Waals surface area (Å²) in [6.45, 7) is 8.57. The van der Waals surface area contributed by atoms with Crippen LogP contribution in [0.2, 0.25) is 0 Å². The summed E-state index contributed by atoms with van der Waals surface area (Å²) in [7, 11) is 2.22. The molecule has 1 heterocycles. The lowest BCUT2D eigenvalue weighted by molar-refractivity contribution is 0.0556. The lowest BCUT2D eigenvalue weighted by Gasteiger charge is -2.42. The van der Waals surface area contributed by atoms with Crippen LogP contribution in [0.4, 0.5) is 0 Å². The van der Waals surface area contributed by atoms with Crippen LogP contribution in [0.1, 0.15) is 25.0 Å². The molecule has 2 rings (SSSR count). The Bertz CT molecular complexity index is 379. The summed E-state index contributed by atoms with van der Waals surface area (Å²) in [4.78, 5) is 5.01. The Morgan fingerprint density at radius 1 is 1.17 bits per heavy atom. The van der Waals surface area contributed by atoms with Gasteiger partial charge in [-0.3, -0.25) is 9.80 Å². The van der Waals surface area contributed by atoms with Crippen LogP contribution >= 0.6 is 0 Å². The van der Waals surface area contributed by atoms with E-state index in [0.29, 0.717) is 18.6 Å². The lowest BCUT2D eigenvalue weighted by Crippen LogP contribution is -2.54. The van der Waals surface area contributed by atoms with Gasteiger partial charge in [-0.15, -0.1) is 0 Å². The highest BCUT2D eigenvalue weighted by Gasteiger charge is 2.26. The first-order chi connectivity index (χ1) is 8.60. The van der Waals surface area contributed by atoms with E-state index in [0.717, 1.165) is 19.6 Å². The highest BCUT2D eigenvalue weighted by Crippen LogP contribution is 2.16. The maximum absolute atomic E-state index is 5.69. The van der Waals surface area contributed by atoms with Crippen molar-refractivity contribution in [2.45, 2.75) is 39.0 Å². The first kappa shape index (κ1) is 13.5. The van der Waals surface area contributed by atoms with E-state index >= 15 is 0 Å². The average Bonchev–Trinajstić information content (AvgIpc) is 2.36. The first-order valence-corrected chi connectivity index (χ1v) is 6.82. The molecule has 18 heavy (non-hydrogen) atoms.